The van der Waals surface area contributed by atoms with Crippen LogP contribution in [0.15, 0.2) is 35.7 Å². The SMILES string of the molecule is CC[C@H](C)N(Cc1sccc1C)C(=O)c1ccccc1-c1nn[nH]n1. The molecule has 1 N–H and O–H groups in total. The van der Waals surface area contributed by atoms with Crippen LogP contribution in [0.4, 0.5) is 0 Å². The Morgan fingerprint density at radius 1 is 1.32 bits per heavy atom. The summed E-state index contributed by atoms with van der Waals surface area (Å²) in [6.45, 7) is 6.87. The summed E-state index contributed by atoms with van der Waals surface area (Å²) in [4.78, 5) is 16.5. The highest BCUT2D eigenvalue weighted by Crippen LogP contribution is 2.25. The monoisotopic (exact) mass is 355 g/mol. The van der Waals surface area contributed by atoms with Gasteiger partial charge in [0.2, 0.25) is 5.82 Å². The summed E-state index contributed by atoms with van der Waals surface area (Å²) in [5.41, 5.74) is 2.51. The van der Waals surface area contributed by atoms with Crippen LogP contribution in [0.5, 0.6) is 0 Å². The van der Waals surface area contributed by atoms with Gasteiger partial charge in [0.15, 0.2) is 0 Å². The van der Waals surface area contributed by atoms with E-state index >= 15 is 0 Å². The molecule has 0 radical (unpaired) electrons. The lowest BCUT2D eigenvalue weighted by Crippen LogP contribution is -2.38. The second-order valence-corrected chi connectivity index (χ2v) is 7.00. The van der Waals surface area contributed by atoms with E-state index < -0.39 is 0 Å². The fourth-order valence-corrected chi connectivity index (χ4v) is 3.57. The van der Waals surface area contributed by atoms with E-state index in [0.29, 0.717) is 23.5 Å². The first-order valence-electron chi connectivity index (χ1n) is 8.28. The van der Waals surface area contributed by atoms with Gasteiger partial charge in [-0.1, -0.05) is 25.1 Å². The lowest BCUT2D eigenvalue weighted by molar-refractivity contribution is 0.0674. The number of hydrogen-bond acceptors (Lipinski definition) is 5. The molecule has 0 bridgehead atoms. The molecule has 25 heavy (non-hydrogen) atoms. The molecule has 0 fully saturated rings. The molecule has 0 aliphatic heterocycles. The van der Waals surface area contributed by atoms with Crippen molar-refractivity contribution >= 4 is 17.2 Å². The Morgan fingerprint density at radius 3 is 2.76 bits per heavy atom. The van der Waals surface area contributed by atoms with Gasteiger partial charge in [0.25, 0.3) is 5.91 Å². The van der Waals surface area contributed by atoms with E-state index in [0.717, 1.165) is 6.42 Å². The number of tetrazole rings is 1. The first-order valence-corrected chi connectivity index (χ1v) is 9.16. The van der Waals surface area contributed by atoms with Crippen LogP contribution in [-0.4, -0.2) is 37.5 Å². The van der Waals surface area contributed by atoms with Gasteiger partial charge < -0.3 is 4.90 Å². The van der Waals surface area contributed by atoms with Crippen molar-refractivity contribution in [3.8, 4) is 11.4 Å². The summed E-state index contributed by atoms with van der Waals surface area (Å²) in [5.74, 6) is 0.419. The van der Waals surface area contributed by atoms with Crippen LogP contribution in [0.3, 0.4) is 0 Å². The smallest absolute Gasteiger partial charge is 0.255 e. The number of rotatable bonds is 6. The maximum absolute atomic E-state index is 13.3. The number of aryl methyl sites for hydroxylation is 1. The molecule has 0 aliphatic rings. The van der Waals surface area contributed by atoms with E-state index in [-0.39, 0.29) is 11.9 Å². The zero-order valence-electron chi connectivity index (χ0n) is 14.6. The van der Waals surface area contributed by atoms with E-state index in [9.17, 15) is 4.79 Å². The molecule has 2 heterocycles. The molecule has 1 amide bonds. The van der Waals surface area contributed by atoms with Crippen LogP contribution in [0.1, 0.15) is 41.1 Å². The van der Waals surface area contributed by atoms with Crippen molar-refractivity contribution in [3.63, 3.8) is 0 Å². The number of amides is 1. The minimum Gasteiger partial charge on any atom is -0.331 e. The molecular formula is C18H21N5OS. The number of carbonyl (C=O) groups is 1. The quantitative estimate of drug-likeness (QED) is 0.732. The number of carbonyl (C=O) groups excluding carboxylic acids is 1. The third-order valence-electron chi connectivity index (χ3n) is 4.41. The average Bonchev–Trinajstić information content (AvgIpc) is 3.30. The molecule has 1 aromatic carbocycles. The minimum atomic E-state index is -0.0115. The topological polar surface area (TPSA) is 74.8 Å². The second-order valence-electron chi connectivity index (χ2n) is 6.00. The molecule has 0 spiro atoms. The highest BCUT2D eigenvalue weighted by Gasteiger charge is 2.25. The number of aromatic nitrogens is 4. The molecular weight excluding hydrogens is 334 g/mol. The number of nitrogens with one attached hydrogen (secondary N) is 1. The third-order valence-corrected chi connectivity index (χ3v) is 5.42. The second kappa shape index (κ2) is 7.57. The summed E-state index contributed by atoms with van der Waals surface area (Å²) in [6, 6.07) is 9.63. The Kier molecular flexibility index (Phi) is 5.23. The zero-order chi connectivity index (χ0) is 17.8. The molecule has 7 heteroatoms. The fourth-order valence-electron chi connectivity index (χ4n) is 2.66. The highest BCUT2D eigenvalue weighted by molar-refractivity contribution is 7.10. The van der Waals surface area contributed by atoms with Crippen LogP contribution in [0.25, 0.3) is 11.4 Å². The molecule has 1 atom stereocenters. The first-order chi connectivity index (χ1) is 12.1. The van der Waals surface area contributed by atoms with Crippen LogP contribution in [0.2, 0.25) is 0 Å². The maximum atomic E-state index is 13.3. The summed E-state index contributed by atoms with van der Waals surface area (Å²) >= 11 is 1.69. The predicted octanol–water partition coefficient (Wildman–Crippen LogP) is 3.68. The number of H-pyrrole nitrogens is 1. The largest absolute Gasteiger partial charge is 0.331 e. The van der Waals surface area contributed by atoms with Crippen molar-refractivity contribution in [2.24, 2.45) is 0 Å². The van der Waals surface area contributed by atoms with Gasteiger partial charge in [0.1, 0.15) is 0 Å². The molecule has 0 unspecified atom stereocenters. The standard InChI is InChI=1S/C18H21N5OS/c1-4-13(3)23(11-16-12(2)9-10-25-16)18(24)15-8-6-5-7-14(15)17-19-21-22-20-17/h5-10,13H,4,11H2,1-3H3,(H,19,20,21,22)/t13-/m0/s1. The van der Waals surface area contributed by atoms with E-state index in [2.05, 4.69) is 52.8 Å². The lowest BCUT2D eigenvalue weighted by Gasteiger charge is -2.29. The van der Waals surface area contributed by atoms with E-state index in [1.54, 1.807) is 11.3 Å². The van der Waals surface area contributed by atoms with E-state index in [4.69, 9.17) is 0 Å². The fraction of sp³-hybridized carbons (Fsp3) is 0.333. The molecule has 3 rings (SSSR count). The molecule has 0 aliphatic carbocycles. The number of benzene rings is 1. The Labute approximate surface area is 150 Å². The van der Waals surface area contributed by atoms with Crippen molar-refractivity contribution in [1.82, 2.24) is 25.5 Å². The van der Waals surface area contributed by atoms with Crippen molar-refractivity contribution < 1.29 is 4.79 Å². The molecule has 0 saturated heterocycles. The molecule has 2 aromatic heterocycles. The van der Waals surface area contributed by atoms with Gasteiger partial charge in [-0.2, -0.15) is 5.21 Å². The Hall–Kier alpha value is -2.54. The zero-order valence-corrected chi connectivity index (χ0v) is 15.4. The van der Waals surface area contributed by atoms with Gasteiger partial charge in [-0.3, -0.25) is 4.79 Å². The van der Waals surface area contributed by atoms with Gasteiger partial charge in [-0.15, -0.1) is 21.5 Å². The van der Waals surface area contributed by atoms with Gasteiger partial charge in [0, 0.05) is 16.5 Å². The predicted molar refractivity (Wildman–Crippen MR) is 98.3 cm³/mol. The van der Waals surface area contributed by atoms with Crippen molar-refractivity contribution in [2.75, 3.05) is 0 Å². The Morgan fingerprint density at radius 2 is 2.12 bits per heavy atom. The summed E-state index contributed by atoms with van der Waals surface area (Å²) in [7, 11) is 0. The van der Waals surface area contributed by atoms with Crippen molar-refractivity contribution in [1.29, 1.82) is 0 Å². The van der Waals surface area contributed by atoms with Gasteiger partial charge in [0.05, 0.1) is 12.1 Å². The maximum Gasteiger partial charge on any atom is 0.255 e. The minimum absolute atomic E-state index is 0.0115. The number of hydrogen-bond donors (Lipinski definition) is 1. The molecule has 130 valence electrons. The first kappa shape index (κ1) is 17.3. The van der Waals surface area contributed by atoms with E-state index in [1.165, 1.54) is 10.4 Å². The van der Waals surface area contributed by atoms with Crippen LogP contribution >= 0.6 is 11.3 Å². The number of nitrogens with zero attached hydrogens (tertiary/aromatic N) is 4. The van der Waals surface area contributed by atoms with Gasteiger partial charge in [-0.25, -0.2) is 0 Å². The van der Waals surface area contributed by atoms with Crippen LogP contribution in [-0.2, 0) is 6.54 Å². The summed E-state index contributed by atoms with van der Waals surface area (Å²) in [6.07, 6.45) is 0.889. The summed E-state index contributed by atoms with van der Waals surface area (Å²) < 4.78 is 0. The third kappa shape index (κ3) is 3.61. The molecule has 0 saturated carbocycles. The van der Waals surface area contributed by atoms with Gasteiger partial charge in [-0.05, 0) is 48.6 Å². The highest BCUT2D eigenvalue weighted by atomic mass is 32.1. The normalized spacial score (nSPS) is 12.1. The lowest BCUT2D eigenvalue weighted by atomic mass is 10.0. The Bertz CT molecular complexity index is 843. The Balaban J connectivity index is 1.97. The summed E-state index contributed by atoms with van der Waals surface area (Å²) in [5, 5.41) is 16.2. The van der Waals surface area contributed by atoms with Crippen LogP contribution in [0, 0.1) is 6.92 Å². The number of thiophene rings is 1. The molecule has 6 nitrogen and oxygen atoms in total. The number of aromatic amines is 1. The van der Waals surface area contributed by atoms with E-state index in [1.807, 2.05) is 29.2 Å². The van der Waals surface area contributed by atoms with Gasteiger partial charge >= 0.3 is 0 Å². The van der Waals surface area contributed by atoms with Crippen molar-refractivity contribution in [3.05, 3.63) is 51.7 Å². The van der Waals surface area contributed by atoms with Crippen LogP contribution < -0.4 is 0 Å². The average molecular weight is 355 g/mol. The molecule has 3 aromatic rings. The van der Waals surface area contributed by atoms with Crippen molar-refractivity contribution in [2.45, 2.75) is 39.8 Å².